The van der Waals surface area contributed by atoms with Gasteiger partial charge in [-0.3, -0.25) is 9.19 Å². The van der Waals surface area contributed by atoms with E-state index in [0.29, 0.717) is 10.9 Å². The summed E-state index contributed by atoms with van der Waals surface area (Å²) in [7, 11) is -1.20. The van der Waals surface area contributed by atoms with Crippen molar-refractivity contribution in [1.82, 2.24) is 15.0 Å². The molecule has 1 atom stereocenters. The number of hydrogen-bond acceptors (Lipinski definition) is 3. The number of aromatic nitrogens is 3. The van der Waals surface area contributed by atoms with Crippen molar-refractivity contribution < 1.29 is 4.21 Å². The number of aryl methyl sites for hydroxylation is 2. The van der Waals surface area contributed by atoms with E-state index in [1.54, 1.807) is 6.20 Å². The highest BCUT2D eigenvalue weighted by molar-refractivity contribution is 7.84. The third-order valence-corrected chi connectivity index (χ3v) is 5.33. The Morgan fingerprint density at radius 2 is 1.95 bits per heavy atom. The molecule has 0 fully saturated rings. The van der Waals surface area contributed by atoms with Crippen LogP contribution in [-0.2, 0) is 29.4 Å². The van der Waals surface area contributed by atoms with Gasteiger partial charge >= 0.3 is 0 Å². The lowest BCUT2D eigenvalue weighted by Gasteiger charge is -2.14. The van der Waals surface area contributed by atoms with E-state index in [-0.39, 0.29) is 0 Å². The number of aromatic amines is 1. The molecule has 3 aromatic rings. The Morgan fingerprint density at radius 3 is 2.73 bits per heavy atom. The van der Waals surface area contributed by atoms with Crippen LogP contribution in [0.15, 0.2) is 41.7 Å². The normalized spacial score (nSPS) is 15.6. The predicted octanol–water partition coefficient (Wildman–Crippen LogP) is 3.14. The van der Waals surface area contributed by atoms with Crippen LogP contribution in [0.2, 0.25) is 0 Å². The van der Waals surface area contributed by atoms with Crippen molar-refractivity contribution >= 4 is 21.8 Å². The summed E-state index contributed by atoms with van der Waals surface area (Å²) in [6.45, 7) is 0. The van der Waals surface area contributed by atoms with Gasteiger partial charge in [-0.15, -0.1) is 0 Å². The second kappa shape index (κ2) is 5.65. The van der Waals surface area contributed by atoms with Gasteiger partial charge in [0.05, 0.1) is 33.3 Å². The minimum Gasteiger partial charge on any atom is -0.331 e. The molecule has 1 aromatic carbocycles. The molecule has 1 aliphatic rings. The van der Waals surface area contributed by atoms with Crippen LogP contribution in [0, 0.1) is 0 Å². The molecular weight excluding hydrogens is 294 g/mol. The number of H-pyrrole nitrogens is 1. The molecular formula is C17H17N3OS. The van der Waals surface area contributed by atoms with Gasteiger partial charge in [-0.25, -0.2) is 4.98 Å². The summed E-state index contributed by atoms with van der Waals surface area (Å²) >= 11 is 0. The lowest BCUT2D eigenvalue weighted by Crippen LogP contribution is -2.01. The van der Waals surface area contributed by atoms with Crippen molar-refractivity contribution in [1.29, 1.82) is 0 Å². The molecule has 1 aliphatic carbocycles. The highest BCUT2D eigenvalue weighted by atomic mass is 32.2. The molecule has 0 amide bonds. The Hall–Kier alpha value is -2.01. The summed E-state index contributed by atoms with van der Waals surface area (Å²) in [4.78, 5) is 12.0. The van der Waals surface area contributed by atoms with E-state index in [1.165, 1.54) is 24.0 Å². The lowest BCUT2D eigenvalue weighted by molar-refractivity contribution is 0.677. The van der Waals surface area contributed by atoms with Gasteiger partial charge in [0, 0.05) is 6.20 Å². The molecule has 0 aliphatic heterocycles. The first-order valence-corrected chi connectivity index (χ1v) is 8.91. The molecule has 4 rings (SSSR count). The number of pyridine rings is 1. The van der Waals surface area contributed by atoms with E-state index in [9.17, 15) is 4.21 Å². The zero-order valence-corrected chi connectivity index (χ0v) is 13.0. The molecule has 0 radical (unpaired) electrons. The van der Waals surface area contributed by atoms with E-state index in [1.807, 2.05) is 18.2 Å². The Kier molecular flexibility index (Phi) is 3.50. The predicted molar refractivity (Wildman–Crippen MR) is 87.1 cm³/mol. The third kappa shape index (κ3) is 2.57. The smallest absolute Gasteiger partial charge is 0.197 e. The molecule has 5 heteroatoms. The molecule has 4 nitrogen and oxygen atoms in total. The Balaban J connectivity index is 1.66. The molecule has 112 valence electrons. The minimum absolute atomic E-state index is 0.389. The first kappa shape index (κ1) is 13.6. The number of rotatable bonds is 3. The van der Waals surface area contributed by atoms with Gasteiger partial charge in [-0.2, -0.15) is 0 Å². The minimum atomic E-state index is -1.20. The Labute approximate surface area is 131 Å². The van der Waals surface area contributed by atoms with Crippen molar-refractivity contribution in [3.8, 4) is 0 Å². The van der Waals surface area contributed by atoms with E-state index in [2.05, 4.69) is 27.1 Å². The molecule has 0 spiro atoms. The topological polar surface area (TPSA) is 58.6 Å². The third-order valence-electron chi connectivity index (χ3n) is 4.14. The molecule has 0 saturated carbocycles. The van der Waals surface area contributed by atoms with Crippen LogP contribution in [0.3, 0.4) is 0 Å². The van der Waals surface area contributed by atoms with Crippen LogP contribution in [0.4, 0.5) is 0 Å². The van der Waals surface area contributed by atoms with Crippen LogP contribution >= 0.6 is 0 Å². The van der Waals surface area contributed by atoms with Crippen LogP contribution in [0.5, 0.6) is 0 Å². The monoisotopic (exact) mass is 311 g/mol. The molecule has 2 aromatic heterocycles. The number of benzene rings is 1. The van der Waals surface area contributed by atoms with Crippen molar-refractivity contribution in [2.75, 3.05) is 0 Å². The maximum Gasteiger partial charge on any atom is 0.197 e. The Bertz CT molecular complexity index is 799. The van der Waals surface area contributed by atoms with Crippen LogP contribution < -0.4 is 0 Å². The summed E-state index contributed by atoms with van der Waals surface area (Å²) in [6, 6.07) is 9.99. The maximum absolute atomic E-state index is 12.5. The number of imidazole rings is 1. The SMILES string of the molecule is O=S(Cc1ccccn1)c1nc2cc3c(cc2[nH]1)CCCC3. The van der Waals surface area contributed by atoms with E-state index in [4.69, 9.17) is 0 Å². The number of fused-ring (bicyclic) bond motifs is 2. The van der Waals surface area contributed by atoms with Crippen LogP contribution in [0.25, 0.3) is 11.0 Å². The first-order chi connectivity index (χ1) is 10.8. The van der Waals surface area contributed by atoms with Crippen molar-refractivity contribution in [2.45, 2.75) is 36.6 Å². The summed E-state index contributed by atoms with van der Waals surface area (Å²) in [5.41, 5.74) is 5.53. The lowest BCUT2D eigenvalue weighted by atomic mass is 9.91. The van der Waals surface area contributed by atoms with Gasteiger partial charge < -0.3 is 4.98 Å². The van der Waals surface area contributed by atoms with Crippen molar-refractivity contribution in [3.05, 3.63) is 53.3 Å². The van der Waals surface area contributed by atoms with Gasteiger partial charge in [-0.05, 0) is 61.1 Å². The Morgan fingerprint density at radius 1 is 1.14 bits per heavy atom. The van der Waals surface area contributed by atoms with Crippen LogP contribution in [0.1, 0.15) is 29.7 Å². The first-order valence-electron chi connectivity index (χ1n) is 7.59. The highest BCUT2D eigenvalue weighted by Crippen LogP contribution is 2.26. The summed E-state index contributed by atoms with van der Waals surface area (Å²) in [6.07, 6.45) is 6.49. The molecule has 2 heterocycles. The fourth-order valence-electron chi connectivity index (χ4n) is 3.01. The van der Waals surface area contributed by atoms with Gasteiger partial charge in [-0.1, -0.05) is 6.07 Å². The number of nitrogens with one attached hydrogen (secondary N) is 1. The van der Waals surface area contributed by atoms with Gasteiger partial charge in [0.15, 0.2) is 5.16 Å². The fourth-order valence-corrected chi connectivity index (χ4v) is 4.01. The average Bonchev–Trinajstić information content (AvgIpc) is 2.96. The summed E-state index contributed by atoms with van der Waals surface area (Å²) < 4.78 is 12.5. The second-order valence-corrected chi connectivity index (χ2v) is 7.06. The van der Waals surface area contributed by atoms with E-state index in [0.717, 1.165) is 29.6 Å². The molecule has 1 unspecified atom stereocenters. The maximum atomic E-state index is 12.5. The fraction of sp³-hybridized carbons (Fsp3) is 0.294. The van der Waals surface area contributed by atoms with Gasteiger partial charge in [0.2, 0.25) is 0 Å². The quantitative estimate of drug-likeness (QED) is 0.808. The van der Waals surface area contributed by atoms with Crippen LogP contribution in [-0.4, -0.2) is 19.2 Å². The zero-order chi connectivity index (χ0) is 14.9. The molecule has 0 bridgehead atoms. The molecule has 1 N–H and O–H groups in total. The highest BCUT2D eigenvalue weighted by Gasteiger charge is 2.15. The van der Waals surface area contributed by atoms with Gasteiger partial charge in [0.1, 0.15) is 0 Å². The summed E-state index contributed by atoms with van der Waals surface area (Å²) in [5.74, 6) is 0.389. The molecule has 22 heavy (non-hydrogen) atoms. The molecule has 0 saturated heterocycles. The van der Waals surface area contributed by atoms with E-state index >= 15 is 0 Å². The van der Waals surface area contributed by atoms with Crippen molar-refractivity contribution in [3.63, 3.8) is 0 Å². The summed E-state index contributed by atoms with van der Waals surface area (Å²) in [5, 5.41) is 0.544. The second-order valence-electron chi connectivity index (χ2n) is 5.70. The average molecular weight is 311 g/mol. The zero-order valence-electron chi connectivity index (χ0n) is 12.2. The van der Waals surface area contributed by atoms with Crippen molar-refractivity contribution in [2.24, 2.45) is 0 Å². The van der Waals surface area contributed by atoms with Gasteiger partial charge in [0.25, 0.3) is 0 Å². The number of nitrogens with zero attached hydrogens (tertiary/aromatic N) is 2. The largest absolute Gasteiger partial charge is 0.331 e. The standard InChI is InChI=1S/C17H17N3OS/c21-22(11-14-7-3-4-8-18-14)17-19-15-9-12-5-1-2-6-13(12)10-16(15)20-17/h3-4,7-10H,1-2,5-6,11H2,(H,19,20). The number of hydrogen-bond donors (Lipinski definition) is 1. The van der Waals surface area contributed by atoms with E-state index < -0.39 is 10.8 Å².